The van der Waals surface area contributed by atoms with E-state index in [9.17, 15) is 13.2 Å². The van der Waals surface area contributed by atoms with Gasteiger partial charge in [-0.1, -0.05) is 32.0 Å². The van der Waals surface area contributed by atoms with E-state index in [0.717, 1.165) is 25.7 Å². The van der Waals surface area contributed by atoms with Gasteiger partial charge in [-0.15, -0.1) is 0 Å². The van der Waals surface area contributed by atoms with Crippen molar-refractivity contribution in [1.82, 2.24) is 0 Å². The Bertz CT molecular complexity index is 1320. The highest BCUT2D eigenvalue weighted by Crippen LogP contribution is 2.60. The summed E-state index contributed by atoms with van der Waals surface area (Å²) in [4.78, 5) is 25.4. The fraction of sp³-hybridized carbons (Fsp3) is 0.567. The number of hydrogen-bond donors (Lipinski definition) is 1. The van der Waals surface area contributed by atoms with Gasteiger partial charge in [0.05, 0.1) is 15.9 Å². The summed E-state index contributed by atoms with van der Waals surface area (Å²) in [7, 11) is -3.61. The summed E-state index contributed by atoms with van der Waals surface area (Å²) in [5.41, 5.74) is -0.0520. The number of nitrogens with one attached hydrogen (secondary N) is 1. The maximum atomic E-state index is 12.9. The lowest BCUT2D eigenvalue weighted by Gasteiger charge is -2.60. The Labute approximate surface area is 230 Å². The van der Waals surface area contributed by atoms with Gasteiger partial charge in [0.1, 0.15) is 0 Å². The molecule has 0 aromatic heterocycles. The van der Waals surface area contributed by atoms with Crippen molar-refractivity contribution < 1.29 is 32.5 Å². The average Bonchev–Trinajstić information content (AvgIpc) is 3.16. The molecular formula is C30H37NO7S. The van der Waals surface area contributed by atoms with Crippen molar-refractivity contribution in [3.8, 4) is 0 Å². The number of amides is 1. The monoisotopic (exact) mass is 555 g/mol. The van der Waals surface area contributed by atoms with Gasteiger partial charge in [0, 0.05) is 24.4 Å². The minimum Gasteiger partial charge on any atom is -0.346 e. The Morgan fingerprint density at radius 1 is 0.949 bits per heavy atom. The number of carbonyl (C=O) groups is 1. The second kappa shape index (κ2) is 9.96. The molecule has 4 saturated heterocycles. The van der Waals surface area contributed by atoms with Gasteiger partial charge in [0.2, 0.25) is 21.5 Å². The highest BCUT2D eigenvalue weighted by molar-refractivity contribution is 7.91. The second-order valence-corrected chi connectivity index (χ2v) is 13.8. The smallest absolute Gasteiger partial charge is 0.224 e. The third-order valence-electron chi connectivity index (χ3n) is 9.45. The molecule has 0 unspecified atom stereocenters. The van der Waals surface area contributed by atoms with Crippen LogP contribution in [0.15, 0.2) is 64.4 Å². The summed E-state index contributed by atoms with van der Waals surface area (Å²) in [5.74, 6) is 0.262. The van der Waals surface area contributed by atoms with Gasteiger partial charge >= 0.3 is 0 Å². The molecule has 5 aliphatic rings. The zero-order chi connectivity index (χ0) is 27.4. The third kappa shape index (κ3) is 4.62. The lowest BCUT2D eigenvalue weighted by atomic mass is 9.57. The van der Waals surface area contributed by atoms with Crippen LogP contribution in [0.5, 0.6) is 0 Å². The fourth-order valence-electron chi connectivity index (χ4n) is 7.26. The molecule has 1 saturated carbocycles. The molecule has 1 spiro atoms. The van der Waals surface area contributed by atoms with Crippen LogP contribution in [0.3, 0.4) is 0 Å². The standard InChI is InChI=1S/C30H37NO7S/c1-19-9-14-25-20(2)26(35-28-30(25)24(19)17-18-29(3,36-28)37-38-30)15-16-27(32)31-21-10-12-23(13-11-21)39(33,34)22-7-5-4-6-8-22/h4-8,10-13,19-20,24-26,28H,9,14-18H2,1-3H3,(H,31,32)/t19-,20-,24+,25+,26-,28-,29+,30-/m1/s1. The summed E-state index contributed by atoms with van der Waals surface area (Å²) in [6.45, 7) is 6.40. The Morgan fingerprint density at radius 2 is 1.67 bits per heavy atom. The van der Waals surface area contributed by atoms with Crippen LogP contribution in [-0.4, -0.2) is 38.1 Å². The van der Waals surface area contributed by atoms with Crippen LogP contribution in [0.1, 0.15) is 59.3 Å². The molecule has 2 aromatic rings. The van der Waals surface area contributed by atoms with E-state index in [0.29, 0.717) is 23.9 Å². The van der Waals surface area contributed by atoms with E-state index in [-0.39, 0.29) is 40.1 Å². The minimum absolute atomic E-state index is 0.143. The number of rotatable bonds is 6. The molecule has 9 heteroatoms. The van der Waals surface area contributed by atoms with Crippen molar-refractivity contribution in [2.45, 2.75) is 92.9 Å². The van der Waals surface area contributed by atoms with E-state index >= 15 is 0 Å². The predicted molar refractivity (Wildman–Crippen MR) is 143 cm³/mol. The van der Waals surface area contributed by atoms with Gasteiger partial charge < -0.3 is 14.8 Å². The second-order valence-electron chi connectivity index (χ2n) is 11.9. The predicted octanol–water partition coefficient (Wildman–Crippen LogP) is 5.49. The molecule has 1 amide bonds. The van der Waals surface area contributed by atoms with Crippen molar-refractivity contribution in [2.24, 2.45) is 23.7 Å². The molecule has 39 heavy (non-hydrogen) atoms. The van der Waals surface area contributed by atoms with Crippen LogP contribution in [0.4, 0.5) is 5.69 Å². The maximum absolute atomic E-state index is 12.9. The van der Waals surface area contributed by atoms with Gasteiger partial charge in [-0.25, -0.2) is 18.2 Å². The zero-order valence-electron chi connectivity index (χ0n) is 22.7. The van der Waals surface area contributed by atoms with Crippen molar-refractivity contribution in [2.75, 3.05) is 5.32 Å². The third-order valence-corrected chi connectivity index (χ3v) is 11.2. The molecule has 7 rings (SSSR count). The Balaban J connectivity index is 1.11. The number of sulfone groups is 1. The van der Waals surface area contributed by atoms with Gasteiger partial charge in [0.15, 0.2) is 11.9 Å². The first kappa shape index (κ1) is 26.9. The SMILES string of the molecule is C[C@H]1[C@@H](CCC(=O)Nc2ccc(S(=O)(=O)c3ccccc3)cc2)O[C@@H]2O[C@]3(C)CC[C@H]4[C@H](C)CC[C@@H]1[C@@]24OO3. The first-order valence-electron chi connectivity index (χ1n) is 14.0. The number of hydrogen-bond acceptors (Lipinski definition) is 7. The first-order chi connectivity index (χ1) is 18.6. The molecule has 210 valence electrons. The summed E-state index contributed by atoms with van der Waals surface area (Å²) in [6, 6.07) is 14.6. The van der Waals surface area contributed by atoms with E-state index < -0.39 is 27.5 Å². The number of benzene rings is 2. The molecule has 2 aromatic carbocycles. The molecule has 2 bridgehead atoms. The molecule has 0 radical (unpaired) electrons. The normalized spacial score (nSPS) is 37.5. The topological polar surface area (TPSA) is 100 Å². The Kier molecular flexibility index (Phi) is 6.87. The quantitative estimate of drug-likeness (QED) is 0.471. The van der Waals surface area contributed by atoms with Crippen LogP contribution in [0.25, 0.3) is 0 Å². The Hall–Kier alpha value is -2.30. The number of fused-ring (bicyclic) bond motifs is 2. The summed E-state index contributed by atoms with van der Waals surface area (Å²) >= 11 is 0. The lowest BCUT2D eigenvalue weighted by molar-refractivity contribution is -0.571. The van der Waals surface area contributed by atoms with E-state index in [2.05, 4.69) is 19.2 Å². The highest BCUT2D eigenvalue weighted by Gasteiger charge is 2.69. The summed E-state index contributed by atoms with van der Waals surface area (Å²) in [5, 5.41) is 2.90. The lowest BCUT2D eigenvalue weighted by Crippen LogP contribution is -2.70. The molecule has 4 heterocycles. The highest BCUT2D eigenvalue weighted by atomic mass is 32.2. The van der Waals surface area contributed by atoms with Crippen molar-refractivity contribution in [3.63, 3.8) is 0 Å². The maximum Gasteiger partial charge on any atom is 0.224 e. The van der Waals surface area contributed by atoms with Gasteiger partial charge in [-0.05, 0) is 86.8 Å². The van der Waals surface area contributed by atoms with E-state index in [1.807, 2.05) is 6.92 Å². The largest absolute Gasteiger partial charge is 0.346 e. The van der Waals surface area contributed by atoms with Gasteiger partial charge in [-0.3, -0.25) is 4.79 Å². The molecule has 1 aliphatic carbocycles. The minimum atomic E-state index is -3.61. The van der Waals surface area contributed by atoms with Gasteiger partial charge in [0.25, 0.3) is 0 Å². The van der Waals surface area contributed by atoms with Crippen molar-refractivity contribution >= 4 is 21.4 Å². The number of anilines is 1. The summed E-state index contributed by atoms with van der Waals surface area (Å²) < 4.78 is 38.6. The van der Waals surface area contributed by atoms with Crippen LogP contribution in [0, 0.1) is 23.7 Å². The molecular weight excluding hydrogens is 518 g/mol. The summed E-state index contributed by atoms with van der Waals surface area (Å²) in [6.07, 6.45) is 4.08. The van der Waals surface area contributed by atoms with Crippen LogP contribution >= 0.6 is 0 Å². The van der Waals surface area contributed by atoms with E-state index in [4.69, 9.17) is 19.2 Å². The average molecular weight is 556 g/mol. The van der Waals surface area contributed by atoms with E-state index in [1.54, 1.807) is 42.5 Å². The van der Waals surface area contributed by atoms with Crippen LogP contribution in [0.2, 0.25) is 0 Å². The number of ether oxygens (including phenoxy) is 2. The van der Waals surface area contributed by atoms with Crippen molar-refractivity contribution in [3.05, 3.63) is 54.6 Å². The fourth-order valence-corrected chi connectivity index (χ4v) is 8.54. The molecule has 8 atom stereocenters. The molecule has 8 nitrogen and oxygen atoms in total. The van der Waals surface area contributed by atoms with Crippen LogP contribution < -0.4 is 5.32 Å². The van der Waals surface area contributed by atoms with Crippen LogP contribution in [-0.2, 0) is 33.9 Å². The Morgan fingerprint density at radius 3 is 2.41 bits per heavy atom. The zero-order valence-corrected chi connectivity index (χ0v) is 23.5. The first-order valence-corrected chi connectivity index (χ1v) is 15.5. The molecule has 1 N–H and O–H groups in total. The number of carbonyl (C=O) groups excluding carboxylic acids is 1. The molecule has 4 aliphatic heterocycles. The van der Waals surface area contributed by atoms with Crippen molar-refractivity contribution in [1.29, 1.82) is 0 Å². The molecule has 5 fully saturated rings. The van der Waals surface area contributed by atoms with E-state index in [1.165, 1.54) is 12.1 Å². The van der Waals surface area contributed by atoms with Gasteiger partial charge in [-0.2, -0.15) is 0 Å².